The Morgan fingerprint density at radius 2 is 1.74 bits per heavy atom. The molecule has 1 aromatic heterocycles. The van der Waals surface area contributed by atoms with Crippen LogP contribution in [-0.2, 0) is 25.2 Å². The zero-order valence-corrected chi connectivity index (χ0v) is 22.4. The summed E-state index contributed by atoms with van der Waals surface area (Å²) >= 11 is 1.15. The number of carbonyl (C=O) groups is 1. The Morgan fingerprint density at radius 3 is 2.32 bits per heavy atom. The van der Waals surface area contributed by atoms with E-state index in [0.29, 0.717) is 44.8 Å². The van der Waals surface area contributed by atoms with Crippen molar-refractivity contribution in [1.82, 2.24) is 9.21 Å². The number of ether oxygens (including phenoxy) is 1. The average molecular weight is 574 g/mol. The Kier molecular flexibility index (Phi) is 7.37. The van der Waals surface area contributed by atoms with Gasteiger partial charge < -0.3 is 14.7 Å². The number of fused-ring (bicyclic) bond motifs is 2. The molecule has 208 valence electrons. The molecule has 5 rings (SSSR count). The SMILES string of the molecule is C[C@@](O)(c1ccc(N2CCN(S(=O)(=O)c3cccs3)C[C@@H]2CN2[C@@H]3COC[C@H]2CC(=O)C3)cc1)C(F)(F)F. The molecule has 13 heteroatoms. The number of aliphatic hydroxyl groups is 1. The molecular weight excluding hydrogens is 543 g/mol. The molecule has 38 heavy (non-hydrogen) atoms. The lowest BCUT2D eigenvalue weighted by Gasteiger charge is -2.50. The van der Waals surface area contributed by atoms with Crippen molar-refractivity contribution in [2.45, 2.75) is 53.9 Å². The summed E-state index contributed by atoms with van der Waals surface area (Å²) in [6, 6.07) is 8.36. The number of carbonyl (C=O) groups excluding carboxylic acids is 1. The van der Waals surface area contributed by atoms with Crippen LogP contribution in [0, 0.1) is 0 Å². The van der Waals surface area contributed by atoms with Crippen LogP contribution in [-0.4, -0.2) is 92.2 Å². The summed E-state index contributed by atoms with van der Waals surface area (Å²) in [5.74, 6) is 0.189. The fraction of sp³-hybridized carbons (Fsp3) is 0.560. The molecule has 3 saturated heterocycles. The van der Waals surface area contributed by atoms with Crippen molar-refractivity contribution in [1.29, 1.82) is 0 Å². The number of piperidine rings is 1. The molecule has 0 saturated carbocycles. The van der Waals surface area contributed by atoms with Crippen LogP contribution in [0.25, 0.3) is 0 Å². The predicted molar refractivity (Wildman–Crippen MR) is 136 cm³/mol. The molecule has 4 heterocycles. The summed E-state index contributed by atoms with van der Waals surface area (Å²) in [5.41, 5.74) is -2.62. The monoisotopic (exact) mass is 573 g/mol. The number of morpholine rings is 1. The molecule has 0 amide bonds. The van der Waals surface area contributed by atoms with Gasteiger partial charge in [0.25, 0.3) is 10.0 Å². The van der Waals surface area contributed by atoms with Crippen molar-refractivity contribution in [3.8, 4) is 0 Å². The largest absolute Gasteiger partial charge is 0.421 e. The Bertz CT molecular complexity index is 1240. The fourth-order valence-corrected chi connectivity index (χ4v) is 8.17. The third-order valence-electron chi connectivity index (χ3n) is 7.75. The van der Waals surface area contributed by atoms with E-state index >= 15 is 0 Å². The quantitative estimate of drug-likeness (QED) is 0.569. The molecular formula is C25H30F3N3O5S2. The van der Waals surface area contributed by atoms with Gasteiger partial charge in [0.05, 0.1) is 19.3 Å². The number of rotatable bonds is 6. The zero-order valence-electron chi connectivity index (χ0n) is 20.8. The Hall–Kier alpha value is -2.03. The predicted octanol–water partition coefficient (Wildman–Crippen LogP) is 2.83. The van der Waals surface area contributed by atoms with Crippen molar-refractivity contribution in [2.75, 3.05) is 44.3 Å². The maximum absolute atomic E-state index is 13.3. The van der Waals surface area contributed by atoms with Crippen LogP contribution in [0.15, 0.2) is 46.0 Å². The summed E-state index contributed by atoms with van der Waals surface area (Å²) in [4.78, 5) is 16.5. The van der Waals surface area contributed by atoms with E-state index in [4.69, 9.17) is 4.74 Å². The minimum Gasteiger partial charge on any atom is -0.378 e. The van der Waals surface area contributed by atoms with E-state index in [9.17, 15) is 31.5 Å². The molecule has 0 radical (unpaired) electrons. The molecule has 4 atom stereocenters. The van der Waals surface area contributed by atoms with Crippen LogP contribution in [0.3, 0.4) is 0 Å². The highest BCUT2D eigenvalue weighted by Crippen LogP contribution is 2.39. The van der Waals surface area contributed by atoms with Crippen molar-refractivity contribution >= 4 is 32.8 Å². The summed E-state index contributed by atoms with van der Waals surface area (Å²) < 4.78 is 74.1. The number of alkyl halides is 3. The minimum atomic E-state index is -4.83. The van der Waals surface area contributed by atoms with Gasteiger partial charge in [-0.15, -0.1) is 11.3 Å². The Labute approximate surface area is 223 Å². The van der Waals surface area contributed by atoms with Gasteiger partial charge in [0.2, 0.25) is 0 Å². The van der Waals surface area contributed by atoms with Crippen LogP contribution < -0.4 is 4.90 Å². The van der Waals surface area contributed by atoms with Gasteiger partial charge in [-0.05, 0) is 36.1 Å². The molecule has 0 spiro atoms. The number of piperazine rings is 1. The van der Waals surface area contributed by atoms with E-state index in [1.807, 2.05) is 4.90 Å². The molecule has 0 aliphatic carbocycles. The van der Waals surface area contributed by atoms with Crippen LogP contribution in [0.5, 0.6) is 0 Å². The lowest BCUT2D eigenvalue weighted by molar-refractivity contribution is -0.258. The molecule has 1 aromatic carbocycles. The number of halogens is 3. The first-order valence-electron chi connectivity index (χ1n) is 12.4. The van der Waals surface area contributed by atoms with Crippen molar-refractivity contribution < 1.29 is 36.2 Å². The summed E-state index contributed by atoms with van der Waals surface area (Å²) in [5, 5.41) is 11.8. The topological polar surface area (TPSA) is 90.4 Å². The van der Waals surface area contributed by atoms with Gasteiger partial charge in [-0.3, -0.25) is 9.69 Å². The Morgan fingerprint density at radius 1 is 1.08 bits per heavy atom. The number of thiophene rings is 1. The fourth-order valence-electron chi connectivity index (χ4n) is 5.55. The van der Waals surface area contributed by atoms with Crippen molar-refractivity contribution in [2.24, 2.45) is 0 Å². The molecule has 0 unspecified atom stereocenters. The average Bonchev–Trinajstić information content (AvgIpc) is 3.40. The lowest BCUT2D eigenvalue weighted by Crippen LogP contribution is -2.64. The van der Waals surface area contributed by atoms with E-state index in [1.165, 1.54) is 28.6 Å². The minimum absolute atomic E-state index is 0.0922. The first kappa shape index (κ1) is 27.5. The first-order valence-corrected chi connectivity index (χ1v) is 14.7. The summed E-state index contributed by atoms with van der Waals surface area (Å²) in [6.45, 7) is 2.78. The highest BCUT2D eigenvalue weighted by Gasteiger charge is 2.51. The number of hydrogen-bond acceptors (Lipinski definition) is 8. The van der Waals surface area contributed by atoms with Gasteiger partial charge in [-0.1, -0.05) is 18.2 Å². The first-order chi connectivity index (χ1) is 17.9. The zero-order chi connectivity index (χ0) is 27.3. The third kappa shape index (κ3) is 5.11. The highest BCUT2D eigenvalue weighted by atomic mass is 32.2. The highest BCUT2D eigenvalue weighted by molar-refractivity contribution is 7.91. The number of ketones is 1. The molecule has 3 aliphatic rings. The van der Waals surface area contributed by atoms with Gasteiger partial charge in [0.1, 0.15) is 9.99 Å². The van der Waals surface area contributed by atoms with Crippen LogP contribution in [0.4, 0.5) is 18.9 Å². The maximum Gasteiger partial charge on any atom is 0.421 e. The third-order valence-corrected chi connectivity index (χ3v) is 11.0. The van der Waals surface area contributed by atoms with Gasteiger partial charge in [0, 0.05) is 56.8 Å². The molecule has 3 fully saturated rings. The molecule has 2 bridgehead atoms. The number of sulfonamides is 1. The van der Waals surface area contributed by atoms with Crippen molar-refractivity contribution in [3.05, 3.63) is 47.3 Å². The standard InChI is InChI=1S/C25H30F3N3O5S2/c1-24(33,25(26,27)28)17-4-6-18(7-5-17)30-9-8-29(38(34,35)23-3-2-10-37-23)13-21(30)14-31-19-11-22(32)12-20(31)16-36-15-19/h2-7,10,19-21,33H,8-9,11-16H2,1H3/t19-,20+,21-,24-/m1/s1. The van der Waals surface area contributed by atoms with E-state index in [0.717, 1.165) is 18.3 Å². The van der Waals surface area contributed by atoms with Crippen LogP contribution in [0.2, 0.25) is 0 Å². The van der Waals surface area contributed by atoms with E-state index in [1.54, 1.807) is 17.5 Å². The number of anilines is 1. The second-order valence-electron chi connectivity index (χ2n) is 10.2. The van der Waals surface area contributed by atoms with Gasteiger partial charge >= 0.3 is 6.18 Å². The second kappa shape index (κ2) is 10.2. The van der Waals surface area contributed by atoms with Crippen LogP contribution in [0.1, 0.15) is 25.3 Å². The molecule has 1 N–H and O–H groups in total. The van der Waals surface area contributed by atoms with Crippen LogP contribution >= 0.6 is 11.3 Å². The molecule has 2 aromatic rings. The number of nitrogens with zero attached hydrogens (tertiary/aromatic N) is 3. The smallest absolute Gasteiger partial charge is 0.378 e. The van der Waals surface area contributed by atoms with Gasteiger partial charge in [0.15, 0.2) is 5.60 Å². The van der Waals surface area contributed by atoms with E-state index in [2.05, 4.69) is 4.90 Å². The Balaban J connectivity index is 1.43. The molecule has 3 aliphatic heterocycles. The summed E-state index contributed by atoms with van der Waals surface area (Å²) in [6.07, 6.45) is -4.08. The van der Waals surface area contributed by atoms with E-state index < -0.39 is 21.8 Å². The molecule has 8 nitrogen and oxygen atoms in total. The number of Topliss-reactive ketones (excluding diaryl/α,β-unsaturated/α-hetero) is 1. The van der Waals surface area contributed by atoms with Crippen molar-refractivity contribution in [3.63, 3.8) is 0 Å². The lowest BCUT2D eigenvalue weighted by atomic mass is 9.92. The van der Waals surface area contributed by atoms with Gasteiger partial charge in [-0.25, -0.2) is 8.42 Å². The van der Waals surface area contributed by atoms with E-state index in [-0.39, 0.29) is 46.8 Å². The number of hydrogen-bond donors (Lipinski definition) is 1. The summed E-state index contributed by atoms with van der Waals surface area (Å²) in [7, 11) is -3.70. The normalized spacial score (nSPS) is 27.3. The van der Waals surface area contributed by atoms with Gasteiger partial charge in [-0.2, -0.15) is 17.5 Å². The second-order valence-corrected chi connectivity index (χ2v) is 13.4. The maximum atomic E-state index is 13.3. The number of benzene rings is 1.